The van der Waals surface area contributed by atoms with Gasteiger partial charge in [-0.3, -0.25) is 9.69 Å². The summed E-state index contributed by atoms with van der Waals surface area (Å²) in [5, 5.41) is 9.46. The number of aliphatic hydroxyl groups excluding tert-OH is 1. The molecule has 2 aliphatic heterocycles. The number of piperidine rings is 1. The van der Waals surface area contributed by atoms with Crippen LogP contribution < -0.4 is 0 Å². The summed E-state index contributed by atoms with van der Waals surface area (Å²) in [5.41, 5.74) is 0.901. The fourth-order valence-electron chi connectivity index (χ4n) is 4.68. The van der Waals surface area contributed by atoms with Gasteiger partial charge in [-0.25, -0.2) is 8.78 Å². The topological polar surface area (TPSA) is 43.8 Å². The highest BCUT2D eigenvalue weighted by atomic mass is 19.1. The number of nitrogens with zero attached hydrogens (tertiary/aromatic N) is 2. The molecule has 0 bridgehead atoms. The fourth-order valence-corrected chi connectivity index (χ4v) is 4.68. The van der Waals surface area contributed by atoms with Crippen molar-refractivity contribution in [3.05, 3.63) is 59.6 Å². The standard InChI is InChI=1S/C22H26F2N2O2/c23-17-5-1-15(2-6-17)13-26-12-10-21(22(26)28)25-11-9-19(20(24)14-25)16-3-7-18(27)8-4-16/h1-3,5-8,16,19-21,27H,4,9-14H2/t16?,19-,20+,21-/m0/s1. The second-order valence-electron chi connectivity index (χ2n) is 8.04. The number of aliphatic hydroxyl groups is 1. The maximum atomic E-state index is 14.9. The number of hydrogen-bond acceptors (Lipinski definition) is 3. The van der Waals surface area contributed by atoms with Gasteiger partial charge in [0, 0.05) is 19.6 Å². The van der Waals surface area contributed by atoms with Crippen LogP contribution >= 0.6 is 0 Å². The number of allylic oxidation sites excluding steroid dienone is 3. The van der Waals surface area contributed by atoms with Gasteiger partial charge in [0.05, 0.1) is 6.04 Å². The zero-order valence-corrected chi connectivity index (χ0v) is 15.8. The SMILES string of the molecule is O=C1[C@@H](N2CC[C@@H](C3C=CC(O)=CC3)[C@H](F)C2)CCN1Cc1ccc(F)cc1. The highest BCUT2D eigenvalue weighted by molar-refractivity contribution is 5.84. The van der Waals surface area contributed by atoms with Crippen LogP contribution in [0.25, 0.3) is 0 Å². The average molecular weight is 388 g/mol. The molecule has 1 amide bonds. The maximum Gasteiger partial charge on any atom is 0.240 e. The second-order valence-corrected chi connectivity index (χ2v) is 8.04. The van der Waals surface area contributed by atoms with Crippen molar-refractivity contribution in [2.75, 3.05) is 19.6 Å². The van der Waals surface area contributed by atoms with E-state index in [0.29, 0.717) is 38.9 Å². The normalized spacial score (nSPS) is 31.3. The van der Waals surface area contributed by atoms with E-state index in [1.807, 2.05) is 11.0 Å². The minimum Gasteiger partial charge on any atom is -0.508 e. The minimum atomic E-state index is -0.976. The highest BCUT2D eigenvalue weighted by Gasteiger charge is 2.41. The van der Waals surface area contributed by atoms with Gasteiger partial charge < -0.3 is 10.0 Å². The van der Waals surface area contributed by atoms with Crippen LogP contribution in [0.15, 0.2) is 48.3 Å². The highest BCUT2D eigenvalue weighted by Crippen LogP contribution is 2.34. The molecule has 3 aliphatic rings. The molecule has 150 valence electrons. The Morgan fingerprint density at radius 1 is 1.14 bits per heavy atom. The number of benzene rings is 1. The molecule has 1 aromatic rings. The van der Waals surface area contributed by atoms with E-state index >= 15 is 0 Å². The number of halogens is 2. The lowest BCUT2D eigenvalue weighted by atomic mass is 9.79. The molecule has 1 aliphatic carbocycles. The fraction of sp³-hybridized carbons (Fsp3) is 0.500. The summed E-state index contributed by atoms with van der Waals surface area (Å²) in [6.07, 6.45) is 6.42. The van der Waals surface area contributed by atoms with Gasteiger partial charge in [0.25, 0.3) is 0 Å². The first-order chi connectivity index (χ1) is 13.5. The Kier molecular flexibility index (Phi) is 5.49. The maximum absolute atomic E-state index is 14.9. The molecule has 0 saturated carbocycles. The number of rotatable bonds is 4. The summed E-state index contributed by atoms with van der Waals surface area (Å²) in [6.45, 7) is 2.11. The van der Waals surface area contributed by atoms with Crippen LogP contribution in [0.5, 0.6) is 0 Å². The van der Waals surface area contributed by atoms with Gasteiger partial charge in [-0.15, -0.1) is 0 Å². The van der Waals surface area contributed by atoms with Crippen molar-refractivity contribution < 1.29 is 18.7 Å². The van der Waals surface area contributed by atoms with Gasteiger partial charge >= 0.3 is 0 Å². The van der Waals surface area contributed by atoms with E-state index in [1.165, 1.54) is 12.1 Å². The molecule has 2 fully saturated rings. The van der Waals surface area contributed by atoms with Crippen LogP contribution in [0.1, 0.15) is 24.8 Å². The van der Waals surface area contributed by atoms with Crippen molar-refractivity contribution in [2.24, 2.45) is 11.8 Å². The van der Waals surface area contributed by atoms with Gasteiger partial charge in [0.1, 0.15) is 17.7 Å². The third-order valence-electron chi connectivity index (χ3n) is 6.28. The molecule has 2 saturated heterocycles. The lowest BCUT2D eigenvalue weighted by Crippen LogP contribution is -2.51. The Morgan fingerprint density at radius 3 is 2.61 bits per heavy atom. The van der Waals surface area contributed by atoms with Crippen LogP contribution in [-0.4, -0.2) is 52.7 Å². The Hall–Kier alpha value is -2.21. The first kappa shape index (κ1) is 19.1. The lowest BCUT2D eigenvalue weighted by Gasteiger charge is -2.40. The monoisotopic (exact) mass is 388 g/mol. The smallest absolute Gasteiger partial charge is 0.240 e. The second kappa shape index (κ2) is 8.03. The summed E-state index contributed by atoms with van der Waals surface area (Å²) >= 11 is 0. The summed E-state index contributed by atoms with van der Waals surface area (Å²) in [4.78, 5) is 16.6. The molecule has 2 heterocycles. The van der Waals surface area contributed by atoms with E-state index in [0.717, 1.165) is 5.56 Å². The lowest BCUT2D eigenvalue weighted by molar-refractivity contribution is -0.133. The van der Waals surface area contributed by atoms with Crippen molar-refractivity contribution >= 4 is 5.91 Å². The van der Waals surface area contributed by atoms with E-state index < -0.39 is 6.17 Å². The first-order valence-electron chi connectivity index (χ1n) is 10.00. The third kappa shape index (κ3) is 3.97. The predicted octanol–water partition coefficient (Wildman–Crippen LogP) is 3.60. The third-order valence-corrected chi connectivity index (χ3v) is 6.28. The molecule has 1 aromatic carbocycles. The van der Waals surface area contributed by atoms with Crippen LogP contribution in [0.4, 0.5) is 8.78 Å². The molecule has 28 heavy (non-hydrogen) atoms. The molecule has 6 heteroatoms. The van der Waals surface area contributed by atoms with Gasteiger partial charge in [-0.05, 0) is 67.5 Å². The van der Waals surface area contributed by atoms with E-state index in [-0.39, 0.29) is 41.9 Å². The average Bonchev–Trinajstić information content (AvgIpc) is 3.05. The number of likely N-dealkylation sites (tertiary alicyclic amines) is 2. The Morgan fingerprint density at radius 2 is 1.93 bits per heavy atom. The van der Waals surface area contributed by atoms with Crippen molar-refractivity contribution in [1.29, 1.82) is 0 Å². The molecule has 0 spiro atoms. The summed E-state index contributed by atoms with van der Waals surface area (Å²) in [5.74, 6) is 0.0537. The number of hydrogen-bond donors (Lipinski definition) is 1. The first-order valence-corrected chi connectivity index (χ1v) is 10.00. The number of carbonyl (C=O) groups is 1. The van der Waals surface area contributed by atoms with Crippen molar-refractivity contribution in [3.63, 3.8) is 0 Å². The number of carbonyl (C=O) groups excluding carboxylic acids is 1. The van der Waals surface area contributed by atoms with E-state index in [4.69, 9.17) is 0 Å². The summed E-state index contributed by atoms with van der Waals surface area (Å²) < 4.78 is 28.0. The van der Waals surface area contributed by atoms with Crippen molar-refractivity contribution in [3.8, 4) is 0 Å². The van der Waals surface area contributed by atoms with E-state index in [1.54, 1.807) is 29.2 Å². The van der Waals surface area contributed by atoms with Crippen molar-refractivity contribution in [2.45, 2.75) is 38.0 Å². The van der Waals surface area contributed by atoms with Crippen LogP contribution in [0, 0.1) is 17.7 Å². The number of amides is 1. The molecular weight excluding hydrogens is 362 g/mol. The molecule has 1 N–H and O–H groups in total. The Balaban J connectivity index is 1.33. The van der Waals surface area contributed by atoms with Crippen LogP contribution in [0.2, 0.25) is 0 Å². The molecule has 4 nitrogen and oxygen atoms in total. The molecule has 0 aromatic heterocycles. The zero-order valence-electron chi connectivity index (χ0n) is 15.8. The zero-order chi connectivity index (χ0) is 19.7. The van der Waals surface area contributed by atoms with Crippen molar-refractivity contribution in [1.82, 2.24) is 9.80 Å². The van der Waals surface area contributed by atoms with Crippen LogP contribution in [0.3, 0.4) is 0 Å². The van der Waals surface area contributed by atoms with E-state index in [9.17, 15) is 18.7 Å². The summed E-state index contributed by atoms with van der Waals surface area (Å²) in [7, 11) is 0. The quantitative estimate of drug-likeness (QED) is 0.857. The van der Waals surface area contributed by atoms with Gasteiger partial charge in [0.15, 0.2) is 0 Å². The molecule has 1 unspecified atom stereocenters. The van der Waals surface area contributed by atoms with E-state index in [2.05, 4.69) is 0 Å². The molecular formula is C22H26F2N2O2. The van der Waals surface area contributed by atoms with Gasteiger partial charge in [0.2, 0.25) is 5.91 Å². The largest absolute Gasteiger partial charge is 0.508 e. The molecule has 4 rings (SSSR count). The minimum absolute atomic E-state index is 0.0420. The van der Waals surface area contributed by atoms with Gasteiger partial charge in [-0.1, -0.05) is 18.2 Å². The summed E-state index contributed by atoms with van der Waals surface area (Å²) in [6, 6.07) is 5.94. The predicted molar refractivity (Wildman–Crippen MR) is 103 cm³/mol. The number of alkyl halides is 1. The van der Waals surface area contributed by atoms with Crippen LogP contribution in [-0.2, 0) is 11.3 Å². The Bertz CT molecular complexity index is 777. The van der Waals surface area contributed by atoms with Gasteiger partial charge in [-0.2, -0.15) is 0 Å². The Labute approximate surface area is 164 Å². The molecule has 4 atom stereocenters. The molecule has 0 radical (unpaired) electrons.